The summed E-state index contributed by atoms with van der Waals surface area (Å²) in [5.41, 5.74) is 0.0820. The number of rotatable bonds is 5. The number of hydrogen-bond donors (Lipinski definition) is 2. The van der Waals surface area contributed by atoms with Crippen molar-refractivity contribution in [1.29, 1.82) is 0 Å². The zero-order valence-corrected chi connectivity index (χ0v) is 16.8. The molecule has 2 N–H and O–H groups in total. The van der Waals surface area contributed by atoms with Gasteiger partial charge in [-0.15, -0.1) is 11.6 Å². The Kier molecular flexibility index (Phi) is 4.79. The van der Waals surface area contributed by atoms with Crippen LogP contribution in [0.1, 0.15) is 38.5 Å². The van der Waals surface area contributed by atoms with Crippen LogP contribution in [0.2, 0.25) is 5.02 Å². The van der Waals surface area contributed by atoms with E-state index in [1.54, 1.807) is 18.2 Å². The highest BCUT2D eigenvalue weighted by Crippen LogP contribution is 2.63. The Balaban J connectivity index is 1.38. The van der Waals surface area contributed by atoms with Gasteiger partial charge in [0.15, 0.2) is 0 Å². The average Bonchev–Trinajstić information content (AvgIpc) is 2.57. The van der Waals surface area contributed by atoms with Crippen molar-refractivity contribution in [2.45, 2.75) is 43.4 Å². The first-order chi connectivity index (χ1) is 12.8. The first kappa shape index (κ1) is 18.9. The predicted octanol–water partition coefficient (Wildman–Crippen LogP) is 3.98. The number of alkyl halides is 1. The molecule has 4 bridgehead atoms. The maximum absolute atomic E-state index is 13.0. The van der Waals surface area contributed by atoms with E-state index in [0.29, 0.717) is 28.3 Å². The van der Waals surface area contributed by atoms with Crippen molar-refractivity contribution in [2.75, 3.05) is 19.0 Å². The number of amides is 2. The molecule has 0 saturated heterocycles. The molecule has 0 aliphatic heterocycles. The third-order valence-corrected chi connectivity index (χ3v) is 6.99. The lowest BCUT2D eigenvalue weighted by atomic mass is 9.49. The van der Waals surface area contributed by atoms with Crippen LogP contribution in [-0.4, -0.2) is 30.3 Å². The zero-order valence-electron chi connectivity index (χ0n) is 15.3. The minimum atomic E-state index is -0.403. The molecule has 1 aromatic rings. The van der Waals surface area contributed by atoms with E-state index in [0.717, 1.165) is 32.1 Å². The SMILES string of the molecule is COc1ccc(Cl)cc1NC(=O)CNC(=O)C12C[C@@H]3C[C@@H](CC(Cl)(C3)C1)C2. The molecule has 2 amide bonds. The Morgan fingerprint density at radius 2 is 1.93 bits per heavy atom. The third kappa shape index (κ3) is 3.64. The van der Waals surface area contributed by atoms with E-state index in [1.165, 1.54) is 13.5 Å². The first-order valence-corrected chi connectivity index (χ1v) is 10.2. The van der Waals surface area contributed by atoms with Gasteiger partial charge < -0.3 is 15.4 Å². The minimum absolute atomic E-state index is 0.0326. The second-order valence-corrected chi connectivity index (χ2v) is 9.71. The van der Waals surface area contributed by atoms with Gasteiger partial charge in [-0.25, -0.2) is 0 Å². The molecule has 0 aromatic heterocycles. The van der Waals surface area contributed by atoms with E-state index in [-0.39, 0.29) is 23.2 Å². The van der Waals surface area contributed by atoms with E-state index in [2.05, 4.69) is 10.6 Å². The van der Waals surface area contributed by atoms with Crippen LogP contribution >= 0.6 is 23.2 Å². The summed E-state index contributed by atoms with van der Waals surface area (Å²) in [6.07, 6.45) is 5.76. The molecule has 0 spiro atoms. The van der Waals surface area contributed by atoms with Gasteiger partial charge in [0.1, 0.15) is 5.75 Å². The number of hydrogen-bond acceptors (Lipinski definition) is 3. The number of ether oxygens (including phenoxy) is 1. The molecule has 7 heteroatoms. The van der Waals surface area contributed by atoms with E-state index >= 15 is 0 Å². The smallest absolute Gasteiger partial charge is 0.243 e. The van der Waals surface area contributed by atoms with Gasteiger partial charge in [0, 0.05) is 9.90 Å². The van der Waals surface area contributed by atoms with Crippen LogP contribution in [0.3, 0.4) is 0 Å². The molecular weight excluding hydrogens is 387 g/mol. The van der Waals surface area contributed by atoms with Crippen LogP contribution in [0, 0.1) is 17.3 Å². The summed E-state index contributed by atoms with van der Waals surface area (Å²) >= 11 is 12.8. The molecule has 1 aromatic carbocycles. The van der Waals surface area contributed by atoms with Crippen LogP contribution in [-0.2, 0) is 9.59 Å². The summed E-state index contributed by atoms with van der Waals surface area (Å²) in [6, 6.07) is 5.00. The summed E-state index contributed by atoms with van der Waals surface area (Å²) in [5.74, 6) is 1.26. The molecule has 4 aliphatic rings. The number of benzene rings is 1. The van der Waals surface area contributed by atoms with Crippen molar-refractivity contribution in [3.8, 4) is 5.75 Å². The summed E-state index contributed by atoms with van der Waals surface area (Å²) in [6.45, 7) is -0.0825. The van der Waals surface area contributed by atoms with Gasteiger partial charge >= 0.3 is 0 Å². The van der Waals surface area contributed by atoms with Crippen LogP contribution in [0.5, 0.6) is 5.75 Å². The molecule has 5 nitrogen and oxygen atoms in total. The minimum Gasteiger partial charge on any atom is -0.495 e. The fourth-order valence-electron chi connectivity index (χ4n) is 5.74. The first-order valence-electron chi connectivity index (χ1n) is 9.41. The quantitative estimate of drug-likeness (QED) is 0.721. The monoisotopic (exact) mass is 410 g/mol. The fraction of sp³-hybridized carbons (Fsp3) is 0.600. The Bertz CT molecular complexity index is 768. The highest BCUT2D eigenvalue weighted by atomic mass is 35.5. The standard InChI is InChI=1S/C20H24Cl2N2O3/c1-27-16-3-2-14(21)5-15(16)24-17(25)10-23-18(26)19-6-12-4-13(7-19)9-20(22,8-12)11-19/h2-3,5,12-13H,4,6-11H2,1H3,(H,23,26)(H,24,25)/t12-,13+,19?,20?. The Labute approximate surface area is 169 Å². The summed E-state index contributed by atoms with van der Waals surface area (Å²) in [4.78, 5) is 25.1. The Morgan fingerprint density at radius 3 is 2.56 bits per heavy atom. The Morgan fingerprint density at radius 1 is 1.22 bits per heavy atom. The number of halogens is 2. The molecule has 0 radical (unpaired) electrons. The number of anilines is 1. The number of nitrogens with one attached hydrogen (secondary N) is 2. The summed E-state index contributed by atoms with van der Waals surface area (Å²) in [7, 11) is 1.52. The van der Waals surface area contributed by atoms with Gasteiger partial charge in [-0.1, -0.05) is 11.6 Å². The van der Waals surface area contributed by atoms with Crippen molar-refractivity contribution in [3.05, 3.63) is 23.2 Å². The molecule has 27 heavy (non-hydrogen) atoms. The van der Waals surface area contributed by atoms with Crippen LogP contribution in [0.15, 0.2) is 18.2 Å². The molecule has 4 saturated carbocycles. The van der Waals surface area contributed by atoms with Gasteiger partial charge in [0.25, 0.3) is 0 Å². The highest BCUT2D eigenvalue weighted by Gasteiger charge is 2.60. The fourth-order valence-corrected chi connectivity index (χ4v) is 6.60. The molecule has 5 rings (SSSR count). The van der Waals surface area contributed by atoms with E-state index in [1.807, 2.05) is 0 Å². The molecular formula is C20H24Cl2N2O3. The summed E-state index contributed by atoms with van der Waals surface area (Å²) < 4.78 is 5.23. The Hall–Kier alpha value is -1.46. The van der Waals surface area contributed by atoms with Gasteiger partial charge in [-0.05, 0) is 68.6 Å². The second kappa shape index (κ2) is 6.85. The van der Waals surface area contributed by atoms with Crippen molar-refractivity contribution < 1.29 is 14.3 Å². The van der Waals surface area contributed by atoms with Gasteiger partial charge in [0.05, 0.1) is 24.8 Å². The highest BCUT2D eigenvalue weighted by molar-refractivity contribution is 6.31. The largest absolute Gasteiger partial charge is 0.495 e. The molecule has 4 fully saturated rings. The lowest BCUT2D eigenvalue weighted by molar-refractivity contribution is -0.145. The normalized spacial score (nSPS) is 33.6. The van der Waals surface area contributed by atoms with E-state index in [9.17, 15) is 9.59 Å². The maximum atomic E-state index is 13.0. The molecule has 4 atom stereocenters. The second-order valence-electron chi connectivity index (χ2n) is 8.47. The topological polar surface area (TPSA) is 67.4 Å². The molecule has 2 unspecified atom stereocenters. The number of carbonyl (C=O) groups excluding carboxylic acids is 2. The summed E-state index contributed by atoms with van der Waals surface area (Å²) in [5, 5.41) is 6.09. The van der Waals surface area contributed by atoms with Crippen molar-refractivity contribution in [2.24, 2.45) is 17.3 Å². The third-order valence-electron chi connectivity index (χ3n) is 6.32. The van der Waals surface area contributed by atoms with Crippen LogP contribution < -0.4 is 15.4 Å². The lowest BCUT2D eigenvalue weighted by Crippen LogP contribution is -2.58. The zero-order chi connectivity index (χ0) is 19.2. The predicted molar refractivity (Wildman–Crippen MR) is 105 cm³/mol. The van der Waals surface area contributed by atoms with E-state index < -0.39 is 5.41 Å². The van der Waals surface area contributed by atoms with Crippen molar-refractivity contribution in [3.63, 3.8) is 0 Å². The van der Waals surface area contributed by atoms with Crippen molar-refractivity contribution >= 4 is 40.7 Å². The van der Waals surface area contributed by atoms with Crippen LogP contribution in [0.4, 0.5) is 5.69 Å². The average molecular weight is 411 g/mol. The maximum Gasteiger partial charge on any atom is 0.243 e. The molecule has 0 heterocycles. The van der Waals surface area contributed by atoms with Crippen molar-refractivity contribution in [1.82, 2.24) is 5.32 Å². The molecule has 146 valence electrons. The van der Waals surface area contributed by atoms with Gasteiger partial charge in [-0.2, -0.15) is 0 Å². The number of carbonyl (C=O) groups is 2. The molecule has 4 aliphatic carbocycles. The lowest BCUT2D eigenvalue weighted by Gasteiger charge is -2.59. The van der Waals surface area contributed by atoms with Crippen LogP contribution in [0.25, 0.3) is 0 Å². The van der Waals surface area contributed by atoms with Gasteiger partial charge in [0.2, 0.25) is 11.8 Å². The number of methoxy groups -OCH3 is 1. The van der Waals surface area contributed by atoms with Gasteiger partial charge in [-0.3, -0.25) is 9.59 Å². The van der Waals surface area contributed by atoms with E-state index in [4.69, 9.17) is 27.9 Å².